The SMILES string of the molecule is C/C(N)=C(\C(=O)NC(C)(CO)CO)c1cc(OCc2ccccc2F)ccn1. The number of carbonyl (C=O) groups excluding carboxylic acids is 1. The van der Waals surface area contributed by atoms with Crippen molar-refractivity contribution in [1.82, 2.24) is 10.3 Å². The van der Waals surface area contributed by atoms with Crippen LogP contribution in [0.25, 0.3) is 5.57 Å². The summed E-state index contributed by atoms with van der Waals surface area (Å²) in [6.07, 6.45) is 1.44. The summed E-state index contributed by atoms with van der Waals surface area (Å²) < 4.78 is 19.3. The van der Waals surface area contributed by atoms with Gasteiger partial charge in [-0.15, -0.1) is 0 Å². The highest BCUT2D eigenvalue weighted by Crippen LogP contribution is 2.22. The number of ether oxygens (including phenoxy) is 1. The van der Waals surface area contributed by atoms with Crippen LogP contribution in [0, 0.1) is 5.82 Å². The molecule has 7 nitrogen and oxygen atoms in total. The summed E-state index contributed by atoms with van der Waals surface area (Å²) in [6.45, 7) is 2.14. The van der Waals surface area contributed by atoms with Gasteiger partial charge in [-0.25, -0.2) is 4.39 Å². The number of carbonyl (C=O) groups is 1. The van der Waals surface area contributed by atoms with Crippen LogP contribution >= 0.6 is 0 Å². The maximum absolute atomic E-state index is 13.7. The Labute approximate surface area is 162 Å². The van der Waals surface area contributed by atoms with Gasteiger partial charge in [-0.05, 0) is 26.0 Å². The number of nitrogens with two attached hydrogens (primary N) is 1. The van der Waals surface area contributed by atoms with Crippen molar-refractivity contribution >= 4 is 11.5 Å². The summed E-state index contributed by atoms with van der Waals surface area (Å²) in [6, 6.07) is 9.36. The number of hydrogen-bond donors (Lipinski definition) is 4. The second kappa shape index (κ2) is 9.29. The fourth-order valence-corrected chi connectivity index (χ4v) is 2.38. The van der Waals surface area contributed by atoms with Crippen LogP contribution in [0.1, 0.15) is 25.1 Å². The Balaban J connectivity index is 2.22. The summed E-state index contributed by atoms with van der Waals surface area (Å²) in [4.78, 5) is 16.8. The van der Waals surface area contributed by atoms with Gasteiger partial charge < -0.3 is 26.0 Å². The number of nitrogens with one attached hydrogen (secondary N) is 1. The van der Waals surface area contributed by atoms with Crippen LogP contribution in [-0.2, 0) is 11.4 Å². The third-order valence-corrected chi connectivity index (χ3v) is 4.07. The molecule has 0 saturated heterocycles. The van der Waals surface area contributed by atoms with E-state index in [1.165, 1.54) is 25.3 Å². The average molecular weight is 389 g/mol. The molecule has 28 heavy (non-hydrogen) atoms. The number of aliphatic hydroxyl groups is 2. The van der Waals surface area contributed by atoms with Gasteiger partial charge in [-0.3, -0.25) is 9.78 Å². The first-order valence-corrected chi connectivity index (χ1v) is 8.63. The van der Waals surface area contributed by atoms with Crippen molar-refractivity contribution in [2.45, 2.75) is 26.0 Å². The van der Waals surface area contributed by atoms with E-state index in [2.05, 4.69) is 10.3 Å². The monoisotopic (exact) mass is 389 g/mol. The first kappa shape index (κ1) is 21.3. The Bertz CT molecular complexity index is 862. The average Bonchev–Trinajstić information content (AvgIpc) is 2.67. The molecule has 1 amide bonds. The molecule has 2 aromatic rings. The molecule has 0 spiro atoms. The quantitative estimate of drug-likeness (QED) is 0.506. The molecule has 0 atom stereocenters. The molecule has 0 aliphatic heterocycles. The van der Waals surface area contributed by atoms with Gasteiger partial charge in [0.15, 0.2) is 0 Å². The first-order chi connectivity index (χ1) is 13.3. The number of benzene rings is 1. The Morgan fingerprint density at radius 1 is 1.29 bits per heavy atom. The molecule has 150 valence electrons. The number of hydrogen-bond acceptors (Lipinski definition) is 6. The molecule has 2 rings (SSSR count). The van der Waals surface area contributed by atoms with Gasteiger partial charge >= 0.3 is 0 Å². The highest BCUT2D eigenvalue weighted by molar-refractivity contribution is 6.20. The second-order valence-electron chi connectivity index (χ2n) is 6.65. The van der Waals surface area contributed by atoms with Crippen LogP contribution in [0.3, 0.4) is 0 Å². The number of amides is 1. The number of allylic oxidation sites excluding steroid dienone is 1. The van der Waals surface area contributed by atoms with Crippen LogP contribution in [-0.4, -0.2) is 39.9 Å². The first-order valence-electron chi connectivity index (χ1n) is 8.63. The molecule has 1 heterocycles. The number of aromatic nitrogens is 1. The van der Waals surface area contributed by atoms with E-state index in [0.717, 1.165) is 0 Å². The summed E-state index contributed by atoms with van der Waals surface area (Å²) in [7, 11) is 0. The van der Waals surface area contributed by atoms with E-state index in [-0.39, 0.29) is 29.4 Å². The van der Waals surface area contributed by atoms with E-state index in [1.54, 1.807) is 31.2 Å². The molecule has 0 aliphatic rings. The van der Waals surface area contributed by atoms with Crippen LogP contribution in [0.5, 0.6) is 5.75 Å². The van der Waals surface area contributed by atoms with Gasteiger partial charge in [-0.1, -0.05) is 18.2 Å². The standard InChI is InChI=1S/C20H24FN3O4/c1-13(22)18(19(27)24-20(2,11-25)12-26)17-9-15(7-8-23-17)28-10-14-5-3-4-6-16(14)21/h3-9,25-26H,10-12,22H2,1-2H3,(H,24,27)/b18-13+. The van der Waals surface area contributed by atoms with E-state index in [0.29, 0.717) is 11.3 Å². The van der Waals surface area contributed by atoms with Gasteiger partial charge in [0, 0.05) is 23.5 Å². The zero-order valence-electron chi connectivity index (χ0n) is 15.8. The Kier molecular flexibility index (Phi) is 7.08. The maximum atomic E-state index is 13.7. The summed E-state index contributed by atoms with van der Waals surface area (Å²) in [5, 5.41) is 21.3. The Morgan fingerprint density at radius 2 is 1.96 bits per heavy atom. The van der Waals surface area contributed by atoms with Crippen molar-refractivity contribution in [2.75, 3.05) is 13.2 Å². The summed E-state index contributed by atoms with van der Waals surface area (Å²) >= 11 is 0. The highest BCUT2D eigenvalue weighted by Gasteiger charge is 2.27. The molecule has 1 aromatic carbocycles. The van der Waals surface area contributed by atoms with Gasteiger partial charge in [0.1, 0.15) is 18.2 Å². The van der Waals surface area contributed by atoms with Gasteiger partial charge in [-0.2, -0.15) is 0 Å². The molecule has 0 fully saturated rings. The number of aliphatic hydroxyl groups excluding tert-OH is 2. The molecule has 0 unspecified atom stereocenters. The van der Waals surface area contributed by atoms with Gasteiger partial charge in [0.2, 0.25) is 0 Å². The number of halogens is 1. The van der Waals surface area contributed by atoms with Crippen molar-refractivity contribution in [1.29, 1.82) is 0 Å². The van der Waals surface area contributed by atoms with Crippen LogP contribution < -0.4 is 15.8 Å². The molecular formula is C20H24FN3O4. The van der Waals surface area contributed by atoms with Crippen molar-refractivity contribution < 1.29 is 24.1 Å². The third kappa shape index (κ3) is 5.28. The minimum Gasteiger partial charge on any atom is -0.489 e. The van der Waals surface area contributed by atoms with Crippen LogP contribution in [0.4, 0.5) is 4.39 Å². The van der Waals surface area contributed by atoms with Crippen LogP contribution in [0.15, 0.2) is 48.3 Å². The number of nitrogens with zero attached hydrogens (tertiary/aromatic N) is 1. The van der Waals surface area contributed by atoms with E-state index in [9.17, 15) is 19.4 Å². The van der Waals surface area contributed by atoms with Crippen molar-refractivity contribution in [2.24, 2.45) is 5.73 Å². The fraction of sp³-hybridized carbons (Fsp3) is 0.300. The molecule has 5 N–H and O–H groups in total. The minimum absolute atomic E-state index is 0.00999. The molecule has 0 saturated carbocycles. The van der Waals surface area contributed by atoms with E-state index >= 15 is 0 Å². The summed E-state index contributed by atoms with van der Waals surface area (Å²) in [5.74, 6) is -0.585. The lowest BCUT2D eigenvalue weighted by Crippen LogP contribution is -2.52. The van der Waals surface area contributed by atoms with Crippen molar-refractivity contribution in [3.05, 3.63) is 65.4 Å². The van der Waals surface area contributed by atoms with Gasteiger partial charge in [0.25, 0.3) is 5.91 Å². The Morgan fingerprint density at radius 3 is 2.57 bits per heavy atom. The lowest BCUT2D eigenvalue weighted by Gasteiger charge is -2.27. The van der Waals surface area contributed by atoms with Crippen molar-refractivity contribution in [3.8, 4) is 5.75 Å². The zero-order chi connectivity index (χ0) is 20.7. The maximum Gasteiger partial charge on any atom is 0.255 e. The smallest absolute Gasteiger partial charge is 0.255 e. The van der Waals surface area contributed by atoms with E-state index in [1.807, 2.05) is 0 Å². The molecular weight excluding hydrogens is 365 g/mol. The fourth-order valence-electron chi connectivity index (χ4n) is 2.38. The van der Waals surface area contributed by atoms with E-state index in [4.69, 9.17) is 10.5 Å². The number of pyridine rings is 1. The zero-order valence-corrected chi connectivity index (χ0v) is 15.8. The predicted octanol–water partition coefficient (Wildman–Crippen LogP) is 1.35. The lowest BCUT2D eigenvalue weighted by atomic mass is 10.0. The lowest BCUT2D eigenvalue weighted by molar-refractivity contribution is -0.118. The summed E-state index contributed by atoms with van der Waals surface area (Å²) in [5.41, 5.74) is 5.59. The van der Waals surface area contributed by atoms with Gasteiger partial charge in [0.05, 0.1) is 30.0 Å². The molecule has 8 heteroatoms. The van der Waals surface area contributed by atoms with Crippen molar-refractivity contribution in [3.63, 3.8) is 0 Å². The predicted molar refractivity (Wildman–Crippen MR) is 102 cm³/mol. The van der Waals surface area contributed by atoms with E-state index < -0.39 is 24.7 Å². The number of rotatable bonds is 8. The molecule has 0 radical (unpaired) electrons. The Hall–Kier alpha value is -2.97. The minimum atomic E-state index is -1.21. The van der Waals surface area contributed by atoms with Crippen LogP contribution in [0.2, 0.25) is 0 Å². The largest absolute Gasteiger partial charge is 0.489 e. The highest BCUT2D eigenvalue weighted by atomic mass is 19.1. The second-order valence-corrected chi connectivity index (χ2v) is 6.65. The molecule has 0 aliphatic carbocycles. The normalized spacial score (nSPS) is 12.3. The third-order valence-electron chi connectivity index (χ3n) is 4.07. The molecule has 0 bridgehead atoms. The molecule has 1 aromatic heterocycles. The topological polar surface area (TPSA) is 118 Å².